The summed E-state index contributed by atoms with van der Waals surface area (Å²) in [5.41, 5.74) is 0.994. The zero-order chi connectivity index (χ0) is 16.8. The zero-order valence-corrected chi connectivity index (χ0v) is 13.6. The van der Waals surface area contributed by atoms with Crippen LogP contribution < -0.4 is 10.1 Å². The van der Waals surface area contributed by atoms with Gasteiger partial charge in [-0.1, -0.05) is 29.8 Å². The molecule has 6 heteroatoms. The van der Waals surface area contributed by atoms with E-state index in [9.17, 15) is 9.59 Å². The average molecular weight is 333 g/mol. The molecule has 0 heterocycles. The van der Waals surface area contributed by atoms with E-state index in [1.165, 1.54) is 12.0 Å². The SMILES string of the molecule is COc1ccc(Cl)cc1NC(=O)CN(C)C(=O)c1ccccc1. The molecule has 2 amide bonds. The number of nitrogens with one attached hydrogen (secondary N) is 1. The molecule has 0 spiro atoms. The Balaban J connectivity index is 2.02. The van der Waals surface area contributed by atoms with Gasteiger partial charge in [-0.2, -0.15) is 0 Å². The van der Waals surface area contributed by atoms with Crippen molar-refractivity contribution in [3.63, 3.8) is 0 Å². The average Bonchev–Trinajstić information content (AvgIpc) is 2.55. The number of nitrogens with zero attached hydrogens (tertiary/aromatic N) is 1. The Labute approximate surface area is 139 Å². The molecule has 0 bridgehead atoms. The lowest BCUT2D eigenvalue weighted by Gasteiger charge is -2.17. The van der Waals surface area contributed by atoms with Gasteiger partial charge < -0.3 is 15.0 Å². The Morgan fingerprint density at radius 1 is 1.17 bits per heavy atom. The molecule has 0 saturated heterocycles. The van der Waals surface area contributed by atoms with Gasteiger partial charge in [0.15, 0.2) is 0 Å². The minimum atomic E-state index is -0.336. The molecule has 0 aliphatic rings. The van der Waals surface area contributed by atoms with Crippen molar-refractivity contribution in [3.8, 4) is 5.75 Å². The van der Waals surface area contributed by atoms with Crippen LogP contribution in [0, 0.1) is 0 Å². The molecule has 0 unspecified atom stereocenters. The second-order valence-electron chi connectivity index (χ2n) is 4.92. The third kappa shape index (κ3) is 4.47. The summed E-state index contributed by atoms with van der Waals surface area (Å²) in [5.74, 6) is -0.0593. The van der Waals surface area contributed by atoms with Crippen LogP contribution in [0.15, 0.2) is 48.5 Å². The van der Waals surface area contributed by atoms with Crippen LogP contribution >= 0.6 is 11.6 Å². The fraction of sp³-hybridized carbons (Fsp3) is 0.176. The highest BCUT2D eigenvalue weighted by Crippen LogP contribution is 2.27. The lowest BCUT2D eigenvalue weighted by molar-refractivity contribution is -0.116. The van der Waals surface area contributed by atoms with E-state index in [1.807, 2.05) is 6.07 Å². The van der Waals surface area contributed by atoms with Crippen molar-refractivity contribution < 1.29 is 14.3 Å². The molecule has 0 aromatic heterocycles. The zero-order valence-electron chi connectivity index (χ0n) is 12.9. The molecule has 5 nitrogen and oxygen atoms in total. The Hall–Kier alpha value is -2.53. The van der Waals surface area contributed by atoms with Crippen molar-refractivity contribution in [3.05, 3.63) is 59.1 Å². The van der Waals surface area contributed by atoms with Gasteiger partial charge in [-0.05, 0) is 30.3 Å². The molecule has 0 aliphatic carbocycles. The second-order valence-corrected chi connectivity index (χ2v) is 5.36. The number of methoxy groups -OCH3 is 1. The number of hydrogen-bond donors (Lipinski definition) is 1. The number of hydrogen-bond acceptors (Lipinski definition) is 3. The van der Waals surface area contributed by atoms with Crippen molar-refractivity contribution in [2.24, 2.45) is 0 Å². The molecule has 23 heavy (non-hydrogen) atoms. The van der Waals surface area contributed by atoms with E-state index in [0.717, 1.165) is 0 Å². The molecule has 2 aromatic rings. The van der Waals surface area contributed by atoms with Crippen LogP contribution in [0.3, 0.4) is 0 Å². The first-order valence-corrected chi connectivity index (χ1v) is 7.33. The second kappa shape index (κ2) is 7.65. The number of rotatable bonds is 5. The van der Waals surface area contributed by atoms with Gasteiger partial charge in [0.25, 0.3) is 5.91 Å². The molecule has 2 aromatic carbocycles. The van der Waals surface area contributed by atoms with Gasteiger partial charge in [-0.3, -0.25) is 9.59 Å². The Bertz CT molecular complexity index is 704. The Morgan fingerprint density at radius 3 is 2.52 bits per heavy atom. The quantitative estimate of drug-likeness (QED) is 0.915. The van der Waals surface area contributed by atoms with Gasteiger partial charge in [0, 0.05) is 17.6 Å². The molecule has 1 N–H and O–H groups in total. The molecule has 0 radical (unpaired) electrons. The molecular formula is C17H17ClN2O3. The number of halogens is 1. The summed E-state index contributed by atoms with van der Waals surface area (Å²) in [6, 6.07) is 13.7. The fourth-order valence-corrected chi connectivity index (χ4v) is 2.23. The van der Waals surface area contributed by atoms with Gasteiger partial charge >= 0.3 is 0 Å². The van der Waals surface area contributed by atoms with Gasteiger partial charge in [0.1, 0.15) is 5.75 Å². The maximum atomic E-state index is 12.2. The van der Waals surface area contributed by atoms with Gasteiger partial charge in [-0.25, -0.2) is 0 Å². The third-order valence-electron chi connectivity index (χ3n) is 3.18. The van der Waals surface area contributed by atoms with Crippen LogP contribution in [0.4, 0.5) is 5.69 Å². The largest absolute Gasteiger partial charge is 0.495 e. The minimum absolute atomic E-state index is 0.0800. The Morgan fingerprint density at radius 2 is 1.87 bits per heavy atom. The first kappa shape index (κ1) is 16.8. The summed E-state index contributed by atoms with van der Waals surface area (Å²) >= 11 is 5.92. The van der Waals surface area contributed by atoms with Crippen molar-refractivity contribution in [1.82, 2.24) is 4.90 Å². The molecule has 0 aliphatic heterocycles. The smallest absolute Gasteiger partial charge is 0.254 e. The highest BCUT2D eigenvalue weighted by Gasteiger charge is 2.16. The van der Waals surface area contributed by atoms with Crippen LogP contribution in [0.25, 0.3) is 0 Å². The van der Waals surface area contributed by atoms with Crippen LogP contribution in [0.5, 0.6) is 5.75 Å². The minimum Gasteiger partial charge on any atom is -0.495 e. The molecular weight excluding hydrogens is 316 g/mol. The topological polar surface area (TPSA) is 58.6 Å². The van der Waals surface area contributed by atoms with E-state index >= 15 is 0 Å². The summed E-state index contributed by atoms with van der Waals surface area (Å²) in [6.45, 7) is -0.0800. The number of benzene rings is 2. The highest BCUT2D eigenvalue weighted by molar-refractivity contribution is 6.31. The maximum absolute atomic E-state index is 12.2. The summed E-state index contributed by atoms with van der Waals surface area (Å²) in [7, 11) is 3.08. The molecule has 0 saturated carbocycles. The summed E-state index contributed by atoms with van der Waals surface area (Å²) in [4.78, 5) is 25.7. The van der Waals surface area contributed by atoms with Crippen LogP contribution in [0.1, 0.15) is 10.4 Å². The molecule has 0 atom stereocenters. The van der Waals surface area contributed by atoms with E-state index in [-0.39, 0.29) is 18.4 Å². The first-order chi connectivity index (χ1) is 11.0. The lowest BCUT2D eigenvalue weighted by atomic mass is 10.2. The van der Waals surface area contributed by atoms with Crippen molar-refractivity contribution in [2.45, 2.75) is 0 Å². The summed E-state index contributed by atoms with van der Waals surface area (Å²) in [6.07, 6.45) is 0. The van der Waals surface area contributed by atoms with E-state index in [4.69, 9.17) is 16.3 Å². The van der Waals surface area contributed by atoms with Gasteiger partial charge in [0.05, 0.1) is 19.3 Å². The number of anilines is 1. The normalized spacial score (nSPS) is 10.0. The van der Waals surface area contributed by atoms with Crippen LogP contribution in [-0.4, -0.2) is 37.4 Å². The van der Waals surface area contributed by atoms with E-state index in [0.29, 0.717) is 22.0 Å². The molecule has 2 rings (SSSR count). The molecule has 0 fully saturated rings. The van der Waals surface area contributed by atoms with Gasteiger partial charge in [-0.15, -0.1) is 0 Å². The van der Waals surface area contributed by atoms with E-state index in [1.54, 1.807) is 49.5 Å². The third-order valence-corrected chi connectivity index (χ3v) is 3.42. The summed E-state index contributed by atoms with van der Waals surface area (Å²) in [5, 5.41) is 3.18. The highest BCUT2D eigenvalue weighted by atomic mass is 35.5. The van der Waals surface area contributed by atoms with Crippen LogP contribution in [-0.2, 0) is 4.79 Å². The number of likely N-dealkylation sites (N-methyl/N-ethyl adjacent to an activating group) is 1. The fourth-order valence-electron chi connectivity index (χ4n) is 2.06. The van der Waals surface area contributed by atoms with E-state index < -0.39 is 0 Å². The number of amides is 2. The summed E-state index contributed by atoms with van der Waals surface area (Å²) < 4.78 is 5.17. The number of ether oxygens (including phenoxy) is 1. The lowest BCUT2D eigenvalue weighted by Crippen LogP contribution is -2.34. The monoisotopic (exact) mass is 332 g/mol. The van der Waals surface area contributed by atoms with Crippen molar-refractivity contribution >= 4 is 29.1 Å². The Kier molecular flexibility index (Phi) is 5.60. The predicted octanol–water partition coefficient (Wildman–Crippen LogP) is 3.06. The van der Waals surface area contributed by atoms with E-state index in [2.05, 4.69) is 5.32 Å². The predicted molar refractivity (Wildman–Crippen MR) is 90.0 cm³/mol. The van der Waals surface area contributed by atoms with Gasteiger partial charge in [0.2, 0.25) is 5.91 Å². The number of carbonyl (C=O) groups is 2. The molecule has 120 valence electrons. The standard InChI is InChI=1S/C17H17ClN2O3/c1-20(17(22)12-6-4-3-5-7-12)11-16(21)19-14-10-13(18)8-9-15(14)23-2/h3-10H,11H2,1-2H3,(H,19,21). The number of carbonyl (C=O) groups excluding carboxylic acids is 2. The van der Waals surface area contributed by atoms with Crippen molar-refractivity contribution in [2.75, 3.05) is 26.0 Å². The maximum Gasteiger partial charge on any atom is 0.254 e. The first-order valence-electron chi connectivity index (χ1n) is 6.95. The van der Waals surface area contributed by atoms with Crippen molar-refractivity contribution in [1.29, 1.82) is 0 Å². The van der Waals surface area contributed by atoms with Crippen LogP contribution in [0.2, 0.25) is 5.02 Å².